The van der Waals surface area contributed by atoms with Crippen LogP contribution in [0.4, 0.5) is 5.69 Å². The highest BCUT2D eigenvalue weighted by Gasteiger charge is 2.18. The second-order valence-electron chi connectivity index (χ2n) is 6.26. The Morgan fingerprint density at radius 1 is 0.913 bits per heavy atom. The quantitative estimate of drug-likeness (QED) is 0.811. The van der Waals surface area contributed by atoms with Crippen LogP contribution in [-0.4, -0.2) is 37.6 Å². The van der Waals surface area contributed by atoms with Crippen LogP contribution in [0.5, 0.6) is 0 Å². The van der Waals surface area contributed by atoms with Gasteiger partial charge in [-0.3, -0.25) is 0 Å². The molecule has 1 aliphatic rings. The standard InChI is InChI=1S/C20H26N2S/c1-4-21-11-13-22(14-12-21)18-7-5-6-8-20(18)23-19-10-9-16(2)15-17(19)3/h5-10,15H,4,11-14H2,1-3H3. The van der Waals surface area contributed by atoms with Crippen molar-refractivity contribution >= 4 is 17.4 Å². The minimum atomic E-state index is 1.12. The lowest BCUT2D eigenvalue weighted by molar-refractivity contribution is 0.271. The summed E-state index contributed by atoms with van der Waals surface area (Å²) in [5, 5.41) is 0. The Labute approximate surface area is 144 Å². The molecule has 0 N–H and O–H groups in total. The summed E-state index contributed by atoms with van der Waals surface area (Å²) in [6.07, 6.45) is 0. The fourth-order valence-electron chi connectivity index (χ4n) is 3.14. The Hall–Kier alpha value is -1.45. The van der Waals surface area contributed by atoms with E-state index in [-0.39, 0.29) is 0 Å². The number of aryl methyl sites for hydroxylation is 2. The molecule has 2 nitrogen and oxygen atoms in total. The summed E-state index contributed by atoms with van der Waals surface area (Å²) in [6.45, 7) is 12.3. The average molecular weight is 327 g/mol. The fraction of sp³-hybridized carbons (Fsp3) is 0.400. The predicted octanol–water partition coefficient (Wildman–Crippen LogP) is 4.60. The summed E-state index contributed by atoms with van der Waals surface area (Å²) in [7, 11) is 0. The van der Waals surface area contributed by atoms with E-state index >= 15 is 0 Å². The molecule has 0 radical (unpaired) electrons. The molecular formula is C20H26N2S. The molecule has 3 rings (SSSR count). The molecule has 0 unspecified atom stereocenters. The van der Waals surface area contributed by atoms with Crippen molar-refractivity contribution in [2.75, 3.05) is 37.6 Å². The molecule has 122 valence electrons. The van der Waals surface area contributed by atoms with Gasteiger partial charge in [0.1, 0.15) is 0 Å². The third-order valence-electron chi connectivity index (χ3n) is 4.58. The van der Waals surface area contributed by atoms with E-state index in [1.165, 1.54) is 39.7 Å². The largest absolute Gasteiger partial charge is 0.368 e. The molecule has 0 spiro atoms. The Balaban J connectivity index is 1.81. The second kappa shape index (κ2) is 7.41. The van der Waals surface area contributed by atoms with Gasteiger partial charge in [-0.15, -0.1) is 0 Å². The van der Waals surface area contributed by atoms with Crippen LogP contribution in [-0.2, 0) is 0 Å². The third-order valence-corrected chi connectivity index (χ3v) is 5.82. The molecule has 2 aromatic carbocycles. The summed E-state index contributed by atoms with van der Waals surface area (Å²) in [6, 6.07) is 15.6. The highest BCUT2D eigenvalue weighted by Crippen LogP contribution is 2.37. The summed E-state index contributed by atoms with van der Waals surface area (Å²) in [5.41, 5.74) is 4.07. The highest BCUT2D eigenvalue weighted by molar-refractivity contribution is 7.99. The van der Waals surface area contributed by atoms with E-state index in [1.54, 1.807) is 0 Å². The first kappa shape index (κ1) is 16.4. The average Bonchev–Trinajstić information content (AvgIpc) is 2.58. The molecule has 23 heavy (non-hydrogen) atoms. The summed E-state index contributed by atoms with van der Waals surface area (Å²) < 4.78 is 0. The molecule has 3 heteroatoms. The molecule has 1 fully saturated rings. The predicted molar refractivity (Wildman–Crippen MR) is 101 cm³/mol. The van der Waals surface area contributed by atoms with E-state index < -0.39 is 0 Å². The maximum atomic E-state index is 2.54. The molecular weight excluding hydrogens is 300 g/mol. The van der Waals surface area contributed by atoms with Crippen LogP contribution < -0.4 is 4.90 Å². The lowest BCUT2D eigenvalue weighted by Gasteiger charge is -2.36. The molecule has 1 saturated heterocycles. The fourth-order valence-corrected chi connectivity index (χ4v) is 4.18. The van der Waals surface area contributed by atoms with E-state index in [0.717, 1.165) is 19.6 Å². The topological polar surface area (TPSA) is 6.48 Å². The van der Waals surface area contributed by atoms with Crippen LogP contribution in [0.3, 0.4) is 0 Å². The monoisotopic (exact) mass is 326 g/mol. The summed E-state index contributed by atoms with van der Waals surface area (Å²) >= 11 is 1.89. The van der Waals surface area contributed by atoms with E-state index in [1.807, 2.05) is 11.8 Å². The van der Waals surface area contributed by atoms with E-state index in [2.05, 4.69) is 73.0 Å². The number of hydrogen-bond acceptors (Lipinski definition) is 3. The van der Waals surface area contributed by atoms with Gasteiger partial charge in [-0.1, -0.05) is 48.5 Å². The van der Waals surface area contributed by atoms with Gasteiger partial charge in [-0.05, 0) is 44.2 Å². The van der Waals surface area contributed by atoms with E-state index in [9.17, 15) is 0 Å². The molecule has 2 aromatic rings. The Kier molecular flexibility index (Phi) is 5.29. The Morgan fingerprint density at radius 3 is 2.35 bits per heavy atom. The third kappa shape index (κ3) is 3.91. The van der Waals surface area contributed by atoms with E-state index in [4.69, 9.17) is 0 Å². The summed E-state index contributed by atoms with van der Waals surface area (Å²) in [5.74, 6) is 0. The van der Waals surface area contributed by atoms with Crippen LogP contribution in [0.1, 0.15) is 18.1 Å². The van der Waals surface area contributed by atoms with E-state index in [0.29, 0.717) is 0 Å². The van der Waals surface area contributed by atoms with Crippen molar-refractivity contribution < 1.29 is 0 Å². The molecule has 1 heterocycles. The molecule has 0 saturated carbocycles. The number of benzene rings is 2. The lowest BCUT2D eigenvalue weighted by Crippen LogP contribution is -2.46. The first-order valence-electron chi connectivity index (χ1n) is 8.49. The van der Waals surface area contributed by atoms with Crippen molar-refractivity contribution in [2.45, 2.75) is 30.6 Å². The first-order valence-corrected chi connectivity index (χ1v) is 9.30. The van der Waals surface area contributed by atoms with Gasteiger partial charge in [-0.2, -0.15) is 0 Å². The smallest absolute Gasteiger partial charge is 0.0508 e. The maximum Gasteiger partial charge on any atom is 0.0508 e. The molecule has 1 aliphatic heterocycles. The van der Waals surface area contributed by atoms with Gasteiger partial charge in [0, 0.05) is 36.0 Å². The second-order valence-corrected chi connectivity index (χ2v) is 7.34. The van der Waals surface area contributed by atoms with Crippen molar-refractivity contribution in [3.05, 3.63) is 53.6 Å². The van der Waals surface area contributed by atoms with Gasteiger partial charge >= 0.3 is 0 Å². The van der Waals surface area contributed by atoms with Crippen LogP contribution in [0, 0.1) is 13.8 Å². The van der Waals surface area contributed by atoms with Gasteiger partial charge in [0.05, 0.1) is 5.69 Å². The maximum absolute atomic E-state index is 2.54. The number of anilines is 1. The Bertz CT molecular complexity index is 660. The zero-order valence-corrected chi connectivity index (χ0v) is 15.2. The molecule has 0 atom stereocenters. The van der Waals surface area contributed by atoms with Gasteiger partial charge in [0.25, 0.3) is 0 Å². The van der Waals surface area contributed by atoms with Crippen LogP contribution in [0.25, 0.3) is 0 Å². The Morgan fingerprint density at radius 2 is 1.65 bits per heavy atom. The van der Waals surface area contributed by atoms with Crippen molar-refractivity contribution in [3.63, 3.8) is 0 Å². The zero-order chi connectivity index (χ0) is 16.2. The minimum absolute atomic E-state index is 1.12. The number of para-hydroxylation sites is 1. The highest BCUT2D eigenvalue weighted by atomic mass is 32.2. The normalized spacial score (nSPS) is 15.9. The molecule has 0 aliphatic carbocycles. The van der Waals surface area contributed by atoms with Crippen molar-refractivity contribution in [2.24, 2.45) is 0 Å². The number of hydrogen-bond donors (Lipinski definition) is 0. The first-order chi connectivity index (χ1) is 11.2. The van der Waals surface area contributed by atoms with Crippen molar-refractivity contribution in [1.82, 2.24) is 4.90 Å². The molecule has 0 aromatic heterocycles. The van der Waals surface area contributed by atoms with Crippen LogP contribution in [0.15, 0.2) is 52.3 Å². The zero-order valence-electron chi connectivity index (χ0n) is 14.4. The van der Waals surface area contributed by atoms with Gasteiger partial charge in [0.15, 0.2) is 0 Å². The van der Waals surface area contributed by atoms with Gasteiger partial charge in [-0.25, -0.2) is 0 Å². The molecule has 0 bridgehead atoms. The van der Waals surface area contributed by atoms with Gasteiger partial charge in [0.2, 0.25) is 0 Å². The van der Waals surface area contributed by atoms with Crippen molar-refractivity contribution in [1.29, 1.82) is 0 Å². The number of nitrogens with zero attached hydrogens (tertiary/aromatic N) is 2. The van der Waals surface area contributed by atoms with Crippen LogP contribution in [0.2, 0.25) is 0 Å². The van der Waals surface area contributed by atoms with Crippen molar-refractivity contribution in [3.8, 4) is 0 Å². The lowest BCUT2D eigenvalue weighted by atomic mass is 10.2. The number of likely N-dealkylation sites (N-methyl/N-ethyl adjacent to an activating group) is 1. The van der Waals surface area contributed by atoms with Gasteiger partial charge < -0.3 is 9.80 Å². The molecule has 0 amide bonds. The van der Waals surface area contributed by atoms with Crippen LogP contribution >= 0.6 is 11.8 Å². The summed E-state index contributed by atoms with van der Waals surface area (Å²) in [4.78, 5) is 7.79. The SMILES string of the molecule is CCN1CCN(c2ccccc2Sc2ccc(C)cc2C)CC1. The number of piperazine rings is 1. The minimum Gasteiger partial charge on any atom is -0.368 e. The number of rotatable bonds is 4.